The first kappa shape index (κ1) is 13.9. The van der Waals surface area contributed by atoms with Crippen LogP contribution in [0, 0.1) is 0 Å². The van der Waals surface area contributed by atoms with Crippen molar-refractivity contribution in [2.45, 2.75) is 37.9 Å². The first-order valence-electron chi connectivity index (χ1n) is 7.12. The van der Waals surface area contributed by atoms with Crippen LogP contribution in [-0.4, -0.2) is 48.1 Å². The van der Waals surface area contributed by atoms with E-state index in [9.17, 15) is 4.79 Å². The second kappa shape index (κ2) is 5.77. The number of amides is 2. The van der Waals surface area contributed by atoms with Gasteiger partial charge in [-0.15, -0.1) is 0 Å². The lowest BCUT2D eigenvalue weighted by molar-refractivity contribution is 0.187. The molecule has 3 rings (SSSR count). The molecule has 1 aromatic heterocycles. The number of likely N-dealkylation sites (N-methyl/N-ethyl adjacent to an activating group) is 1. The van der Waals surface area contributed by atoms with Gasteiger partial charge in [-0.3, -0.25) is 4.90 Å². The lowest BCUT2D eigenvalue weighted by Crippen LogP contribution is -2.44. The standard InChI is InChI=1S/C14H20BrN3O2/c1-17-10-2-3-11(17)9-18(7-6-10)14(19)16-8-12-4-5-13(15)20-12/h4-5,10-11H,2-3,6-9H2,1H3,(H,16,19)/t10-,11-/m0/s1. The average molecular weight is 342 g/mol. The van der Waals surface area contributed by atoms with E-state index in [1.165, 1.54) is 12.8 Å². The van der Waals surface area contributed by atoms with Gasteiger partial charge in [-0.25, -0.2) is 4.79 Å². The van der Waals surface area contributed by atoms with Crippen LogP contribution in [0.5, 0.6) is 0 Å². The van der Waals surface area contributed by atoms with Gasteiger partial charge >= 0.3 is 6.03 Å². The van der Waals surface area contributed by atoms with Crippen molar-refractivity contribution in [1.29, 1.82) is 0 Å². The van der Waals surface area contributed by atoms with Crippen molar-refractivity contribution >= 4 is 22.0 Å². The lowest BCUT2D eigenvalue weighted by atomic mass is 10.1. The van der Waals surface area contributed by atoms with E-state index >= 15 is 0 Å². The fraction of sp³-hybridized carbons (Fsp3) is 0.643. The highest BCUT2D eigenvalue weighted by Crippen LogP contribution is 2.28. The van der Waals surface area contributed by atoms with Crippen LogP contribution in [0.3, 0.4) is 0 Å². The Morgan fingerprint density at radius 3 is 2.95 bits per heavy atom. The van der Waals surface area contributed by atoms with Crippen LogP contribution >= 0.6 is 15.9 Å². The van der Waals surface area contributed by atoms with Gasteiger partial charge in [0.25, 0.3) is 0 Å². The summed E-state index contributed by atoms with van der Waals surface area (Å²) in [5.74, 6) is 0.763. The van der Waals surface area contributed by atoms with E-state index in [-0.39, 0.29) is 6.03 Å². The van der Waals surface area contributed by atoms with E-state index in [1.807, 2.05) is 17.0 Å². The monoisotopic (exact) mass is 341 g/mol. The number of hydrogen-bond donors (Lipinski definition) is 1. The van der Waals surface area contributed by atoms with Gasteiger partial charge < -0.3 is 14.6 Å². The topological polar surface area (TPSA) is 48.7 Å². The number of likely N-dealkylation sites (tertiary alicyclic amines) is 1. The number of hydrogen-bond acceptors (Lipinski definition) is 3. The number of halogens is 1. The zero-order valence-corrected chi connectivity index (χ0v) is 13.2. The molecule has 5 nitrogen and oxygen atoms in total. The maximum Gasteiger partial charge on any atom is 0.317 e. The summed E-state index contributed by atoms with van der Waals surface area (Å²) in [5.41, 5.74) is 0. The van der Waals surface area contributed by atoms with Crippen LogP contribution in [0.2, 0.25) is 0 Å². The Morgan fingerprint density at radius 1 is 1.40 bits per heavy atom. The fourth-order valence-electron chi connectivity index (χ4n) is 3.21. The Hall–Kier alpha value is -1.01. The average Bonchev–Trinajstić information content (AvgIpc) is 2.91. The highest BCUT2D eigenvalue weighted by Gasteiger charge is 2.35. The molecule has 2 aliphatic heterocycles. The molecular weight excluding hydrogens is 322 g/mol. The number of rotatable bonds is 2. The molecule has 0 spiro atoms. The van der Waals surface area contributed by atoms with Crippen molar-refractivity contribution in [3.8, 4) is 0 Å². The molecule has 1 N–H and O–H groups in total. The van der Waals surface area contributed by atoms with Gasteiger partial charge in [-0.05, 0) is 54.4 Å². The minimum absolute atomic E-state index is 0.0125. The zero-order valence-electron chi connectivity index (χ0n) is 11.6. The summed E-state index contributed by atoms with van der Waals surface area (Å²) in [4.78, 5) is 16.6. The molecule has 0 saturated carbocycles. The summed E-state index contributed by atoms with van der Waals surface area (Å²) in [6, 6.07) is 4.88. The highest BCUT2D eigenvalue weighted by atomic mass is 79.9. The van der Waals surface area contributed by atoms with E-state index in [2.05, 4.69) is 33.2 Å². The molecule has 3 heterocycles. The van der Waals surface area contributed by atoms with E-state index in [0.717, 1.165) is 25.3 Å². The van der Waals surface area contributed by atoms with E-state index in [0.29, 0.717) is 23.3 Å². The molecule has 0 radical (unpaired) electrons. The van der Waals surface area contributed by atoms with Crippen molar-refractivity contribution in [3.05, 3.63) is 22.6 Å². The van der Waals surface area contributed by atoms with Crippen molar-refractivity contribution in [1.82, 2.24) is 15.1 Å². The van der Waals surface area contributed by atoms with Crippen LogP contribution in [0.1, 0.15) is 25.0 Å². The molecule has 110 valence electrons. The first-order chi connectivity index (χ1) is 9.63. The Morgan fingerprint density at radius 2 is 2.20 bits per heavy atom. The third-order valence-corrected chi connectivity index (χ3v) is 4.90. The quantitative estimate of drug-likeness (QED) is 0.898. The third-order valence-electron chi connectivity index (χ3n) is 4.48. The minimum Gasteiger partial charge on any atom is -0.452 e. The van der Waals surface area contributed by atoms with Crippen molar-refractivity contribution < 1.29 is 9.21 Å². The summed E-state index contributed by atoms with van der Waals surface area (Å²) in [7, 11) is 2.18. The van der Waals surface area contributed by atoms with Gasteiger partial charge in [-0.1, -0.05) is 0 Å². The van der Waals surface area contributed by atoms with Crippen molar-refractivity contribution in [3.63, 3.8) is 0 Å². The molecule has 2 aliphatic rings. The number of fused-ring (bicyclic) bond motifs is 2. The molecule has 2 amide bonds. The highest BCUT2D eigenvalue weighted by molar-refractivity contribution is 9.10. The Kier molecular flexibility index (Phi) is 4.03. The summed E-state index contributed by atoms with van der Waals surface area (Å²) in [6.45, 7) is 2.12. The Balaban J connectivity index is 1.55. The second-order valence-electron chi connectivity index (χ2n) is 5.65. The van der Waals surface area contributed by atoms with Gasteiger partial charge in [0, 0.05) is 25.2 Å². The van der Waals surface area contributed by atoms with Gasteiger partial charge in [0.1, 0.15) is 5.76 Å². The molecule has 1 aromatic rings. The largest absolute Gasteiger partial charge is 0.452 e. The zero-order chi connectivity index (χ0) is 14.1. The molecule has 2 atom stereocenters. The second-order valence-corrected chi connectivity index (χ2v) is 6.43. The van der Waals surface area contributed by atoms with Gasteiger partial charge in [0.2, 0.25) is 0 Å². The number of furan rings is 1. The summed E-state index contributed by atoms with van der Waals surface area (Å²) in [6.07, 6.45) is 3.56. The molecule has 2 saturated heterocycles. The van der Waals surface area contributed by atoms with E-state index in [4.69, 9.17) is 4.42 Å². The predicted octanol–water partition coefficient (Wildman–Crippen LogP) is 2.42. The summed E-state index contributed by atoms with van der Waals surface area (Å²) >= 11 is 3.26. The van der Waals surface area contributed by atoms with E-state index in [1.54, 1.807) is 0 Å². The van der Waals surface area contributed by atoms with Gasteiger partial charge in [0.05, 0.1) is 6.54 Å². The minimum atomic E-state index is 0.0125. The van der Waals surface area contributed by atoms with Crippen LogP contribution < -0.4 is 5.32 Å². The normalized spacial score (nSPS) is 26.6. The summed E-state index contributed by atoms with van der Waals surface area (Å²) < 4.78 is 6.08. The fourth-order valence-corrected chi connectivity index (χ4v) is 3.55. The van der Waals surface area contributed by atoms with Crippen LogP contribution in [0.15, 0.2) is 21.2 Å². The molecule has 0 aliphatic carbocycles. The molecule has 2 bridgehead atoms. The first-order valence-corrected chi connectivity index (χ1v) is 7.91. The maximum atomic E-state index is 12.3. The molecule has 0 aromatic carbocycles. The number of nitrogens with one attached hydrogen (secondary N) is 1. The van der Waals surface area contributed by atoms with Crippen LogP contribution in [-0.2, 0) is 6.54 Å². The smallest absolute Gasteiger partial charge is 0.317 e. The molecule has 6 heteroatoms. The number of carbonyl (C=O) groups is 1. The maximum absolute atomic E-state index is 12.3. The molecule has 20 heavy (non-hydrogen) atoms. The van der Waals surface area contributed by atoms with Crippen molar-refractivity contribution in [2.24, 2.45) is 0 Å². The third kappa shape index (κ3) is 2.86. The van der Waals surface area contributed by atoms with Gasteiger partial charge in [0.15, 0.2) is 4.67 Å². The SMILES string of the molecule is CN1[C@H]2CC[C@H]1CN(C(=O)NCc1ccc(Br)o1)CC2. The van der Waals surface area contributed by atoms with Crippen molar-refractivity contribution in [2.75, 3.05) is 20.1 Å². The molecule has 0 unspecified atom stereocenters. The lowest BCUT2D eigenvalue weighted by Gasteiger charge is -2.25. The van der Waals surface area contributed by atoms with Crippen LogP contribution in [0.4, 0.5) is 4.79 Å². The van der Waals surface area contributed by atoms with E-state index < -0.39 is 0 Å². The number of carbonyl (C=O) groups excluding carboxylic acids is 1. The predicted molar refractivity (Wildman–Crippen MR) is 79.4 cm³/mol. The molecule has 2 fully saturated rings. The molecular formula is C14H20BrN3O2. The van der Waals surface area contributed by atoms with Crippen LogP contribution in [0.25, 0.3) is 0 Å². The number of urea groups is 1. The summed E-state index contributed by atoms with van der Waals surface area (Å²) in [5, 5.41) is 2.94. The van der Waals surface area contributed by atoms with Gasteiger partial charge in [-0.2, -0.15) is 0 Å². The Bertz CT molecular complexity index is 491. The number of nitrogens with zero attached hydrogens (tertiary/aromatic N) is 2. The Labute approximate surface area is 127 Å².